The fourth-order valence-corrected chi connectivity index (χ4v) is 1.40. The van der Waals surface area contributed by atoms with Crippen LogP contribution in [0.5, 0.6) is 0 Å². The van der Waals surface area contributed by atoms with Gasteiger partial charge < -0.3 is 10.5 Å². The van der Waals surface area contributed by atoms with E-state index >= 15 is 0 Å². The Morgan fingerprint density at radius 3 is 2.56 bits per heavy atom. The van der Waals surface area contributed by atoms with Crippen LogP contribution in [0.4, 0.5) is 0 Å². The SMILES string of the molecule is N=C1C(=NO)C(=O)N/C1=C\c1ccccc1. The highest BCUT2D eigenvalue weighted by Crippen LogP contribution is 2.10. The Hall–Kier alpha value is -2.43. The second-order valence-corrected chi connectivity index (χ2v) is 3.25. The lowest BCUT2D eigenvalue weighted by Crippen LogP contribution is -2.18. The Kier molecular flexibility index (Phi) is 2.51. The Balaban J connectivity index is 2.35. The molecule has 0 aliphatic carbocycles. The molecule has 0 aromatic heterocycles. The van der Waals surface area contributed by atoms with Gasteiger partial charge in [-0.05, 0) is 11.6 Å². The number of carbonyl (C=O) groups excluding carboxylic acids is 1. The quantitative estimate of drug-likeness (QED) is 0.482. The van der Waals surface area contributed by atoms with E-state index < -0.39 is 5.91 Å². The van der Waals surface area contributed by atoms with Crippen LogP contribution in [0.25, 0.3) is 6.08 Å². The van der Waals surface area contributed by atoms with Crippen LogP contribution in [0.1, 0.15) is 5.56 Å². The zero-order chi connectivity index (χ0) is 11.5. The molecule has 1 saturated heterocycles. The van der Waals surface area contributed by atoms with Crippen molar-refractivity contribution in [1.29, 1.82) is 5.41 Å². The topological polar surface area (TPSA) is 85.5 Å². The summed E-state index contributed by atoms with van der Waals surface area (Å²) >= 11 is 0. The molecule has 0 saturated carbocycles. The summed E-state index contributed by atoms with van der Waals surface area (Å²) in [6.07, 6.45) is 1.65. The zero-order valence-corrected chi connectivity index (χ0v) is 8.27. The summed E-state index contributed by atoms with van der Waals surface area (Å²) in [7, 11) is 0. The number of hydrogen-bond donors (Lipinski definition) is 3. The summed E-state index contributed by atoms with van der Waals surface area (Å²) in [6.45, 7) is 0. The van der Waals surface area contributed by atoms with Gasteiger partial charge in [0.15, 0.2) is 5.71 Å². The lowest BCUT2D eigenvalue weighted by Gasteiger charge is -1.96. The van der Waals surface area contributed by atoms with E-state index in [0.717, 1.165) is 5.56 Å². The summed E-state index contributed by atoms with van der Waals surface area (Å²) in [5.74, 6) is -0.560. The van der Waals surface area contributed by atoms with Gasteiger partial charge in [-0.2, -0.15) is 0 Å². The van der Waals surface area contributed by atoms with Crippen LogP contribution >= 0.6 is 0 Å². The van der Waals surface area contributed by atoms with Crippen LogP contribution in [-0.4, -0.2) is 22.5 Å². The van der Waals surface area contributed by atoms with Crippen molar-refractivity contribution >= 4 is 23.4 Å². The lowest BCUT2D eigenvalue weighted by molar-refractivity contribution is -0.113. The van der Waals surface area contributed by atoms with Gasteiger partial charge in [0.1, 0.15) is 5.71 Å². The zero-order valence-electron chi connectivity index (χ0n) is 8.27. The van der Waals surface area contributed by atoms with E-state index in [4.69, 9.17) is 10.6 Å². The third kappa shape index (κ3) is 1.70. The number of allylic oxidation sites excluding steroid dienone is 1. The summed E-state index contributed by atoms with van der Waals surface area (Å²) in [6, 6.07) is 9.28. The minimum absolute atomic E-state index is 0.101. The van der Waals surface area contributed by atoms with Crippen LogP contribution in [-0.2, 0) is 4.79 Å². The third-order valence-corrected chi connectivity index (χ3v) is 2.18. The van der Waals surface area contributed by atoms with Gasteiger partial charge >= 0.3 is 0 Å². The van der Waals surface area contributed by atoms with E-state index in [1.54, 1.807) is 6.08 Å². The first-order valence-electron chi connectivity index (χ1n) is 4.62. The predicted octanol–water partition coefficient (Wildman–Crippen LogP) is 1.01. The minimum Gasteiger partial charge on any atom is -0.410 e. The maximum Gasteiger partial charge on any atom is 0.280 e. The first kappa shape index (κ1) is 10.1. The molecule has 80 valence electrons. The number of nitrogens with one attached hydrogen (secondary N) is 2. The van der Waals surface area contributed by atoms with E-state index in [0.29, 0.717) is 5.70 Å². The molecule has 1 aromatic rings. The molecular formula is C11H9N3O2. The summed E-state index contributed by atoms with van der Waals surface area (Å²) in [5.41, 5.74) is 0.837. The summed E-state index contributed by atoms with van der Waals surface area (Å²) in [5, 5.41) is 21.4. The molecular weight excluding hydrogens is 206 g/mol. The molecule has 0 unspecified atom stereocenters. The molecule has 1 amide bonds. The van der Waals surface area contributed by atoms with Crippen LogP contribution in [0, 0.1) is 5.41 Å². The Morgan fingerprint density at radius 1 is 1.31 bits per heavy atom. The molecule has 1 aliphatic heterocycles. The van der Waals surface area contributed by atoms with Crippen molar-refractivity contribution in [3.05, 3.63) is 41.6 Å². The molecule has 0 bridgehead atoms. The second kappa shape index (κ2) is 3.98. The van der Waals surface area contributed by atoms with Gasteiger partial charge in [-0.1, -0.05) is 35.5 Å². The number of nitrogens with zero attached hydrogens (tertiary/aromatic N) is 1. The van der Waals surface area contributed by atoms with Gasteiger partial charge in [-0.3, -0.25) is 10.2 Å². The maximum absolute atomic E-state index is 11.2. The van der Waals surface area contributed by atoms with Crippen molar-refractivity contribution in [2.75, 3.05) is 0 Å². The fraction of sp³-hybridized carbons (Fsp3) is 0. The van der Waals surface area contributed by atoms with E-state index in [-0.39, 0.29) is 11.4 Å². The number of hydrogen-bond acceptors (Lipinski definition) is 4. The molecule has 2 rings (SSSR count). The average molecular weight is 215 g/mol. The molecule has 5 nitrogen and oxygen atoms in total. The number of rotatable bonds is 1. The summed E-state index contributed by atoms with van der Waals surface area (Å²) in [4.78, 5) is 11.2. The predicted molar refractivity (Wildman–Crippen MR) is 59.5 cm³/mol. The summed E-state index contributed by atoms with van der Waals surface area (Å²) < 4.78 is 0. The highest BCUT2D eigenvalue weighted by atomic mass is 16.4. The smallest absolute Gasteiger partial charge is 0.280 e. The first-order valence-corrected chi connectivity index (χ1v) is 4.62. The Morgan fingerprint density at radius 2 is 2.00 bits per heavy atom. The standard InChI is InChI=1S/C11H9N3O2/c12-9-8(13-11(15)10(9)14-16)6-7-4-2-1-3-5-7/h1-6,12,16H,(H,13,15)/b8-6-,12-9?,14-10?. The molecule has 0 spiro atoms. The molecule has 0 atom stereocenters. The highest BCUT2D eigenvalue weighted by Gasteiger charge is 2.29. The van der Waals surface area contributed by atoms with E-state index in [1.807, 2.05) is 30.3 Å². The van der Waals surface area contributed by atoms with Crippen molar-refractivity contribution in [2.24, 2.45) is 5.16 Å². The van der Waals surface area contributed by atoms with Crippen molar-refractivity contribution < 1.29 is 10.0 Å². The normalized spacial score (nSPS) is 20.5. The van der Waals surface area contributed by atoms with Crippen molar-refractivity contribution in [2.45, 2.75) is 0 Å². The van der Waals surface area contributed by atoms with Crippen LogP contribution in [0.3, 0.4) is 0 Å². The Labute approximate surface area is 91.6 Å². The van der Waals surface area contributed by atoms with Crippen LogP contribution in [0.15, 0.2) is 41.2 Å². The van der Waals surface area contributed by atoms with Crippen LogP contribution < -0.4 is 5.32 Å². The maximum atomic E-state index is 11.2. The van der Waals surface area contributed by atoms with E-state index in [2.05, 4.69) is 10.5 Å². The van der Waals surface area contributed by atoms with Crippen molar-refractivity contribution in [3.8, 4) is 0 Å². The lowest BCUT2D eigenvalue weighted by atomic mass is 10.1. The Bertz CT molecular complexity index is 503. The number of benzene rings is 1. The van der Waals surface area contributed by atoms with Gasteiger partial charge in [0.05, 0.1) is 5.70 Å². The third-order valence-electron chi connectivity index (χ3n) is 2.18. The number of carbonyl (C=O) groups is 1. The molecule has 3 N–H and O–H groups in total. The highest BCUT2D eigenvalue weighted by molar-refractivity contribution is 6.73. The van der Waals surface area contributed by atoms with E-state index in [1.165, 1.54) is 0 Å². The molecule has 1 fully saturated rings. The fourth-order valence-electron chi connectivity index (χ4n) is 1.40. The average Bonchev–Trinajstić information content (AvgIpc) is 2.55. The van der Waals surface area contributed by atoms with Crippen molar-refractivity contribution in [1.82, 2.24) is 5.32 Å². The van der Waals surface area contributed by atoms with Gasteiger partial charge in [0, 0.05) is 0 Å². The van der Waals surface area contributed by atoms with Crippen LogP contribution in [0.2, 0.25) is 0 Å². The molecule has 1 heterocycles. The second-order valence-electron chi connectivity index (χ2n) is 3.25. The molecule has 5 heteroatoms. The van der Waals surface area contributed by atoms with Gasteiger partial charge in [-0.25, -0.2) is 0 Å². The molecule has 16 heavy (non-hydrogen) atoms. The number of oxime groups is 1. The van der Waals surface area contributed by atoms with E-state index in [9.17, 15) is 4.79 Å². The monoisotopic (exact) mass is 215 g/mol. The van der Waals surface area contributed by atoms with Gasteiger partial charge in [0.25, 0.3) is 5.91 Å². The first-order chi connectivity index (χ1) is 7.72. The molecule has 1 aromatic carbocycles. The number of amides is 1. The minimum atomic E-state index is -0.560. The largest absolute Gasteiger partial charge is 0.410 e. The molecule has 1 aliphatic rings. The molecule has 0 radical (unpaired) electrons. The van der Waals surface area contributed by atoms with Crippen molar-refractivity contribution in [3.63, 3.8) is 0 Å². The van der Waals surface area contributed by atoms with Gasteiger partial charge in [0.2, 0.25) is 0 Å². The van der Waals surface area contributed by atoms with Gasteiger partial charge in [-0.15, -0.1) is 0 Å².